The molecule has 1 unspecified atom stereocenters. The second kappa shape index (κ2) is 6.89. The van der Waals surface area contributed by atoms with Crippen LogP contribution in [-0.2, 0) is 9.59 Å². The van der Waals surface area contributed by atoms with Gasteiger partial charge in [0, 0.05) is 24.5 Å². The maximum Gasteiger partial charge on any atom is 0.305 e. The van der Waals surface area contributed by atoms with E-state index in [2.05, 4.69) is 13.8 Å². The number of aliphatic carboxylic acids is 1. The Morgan fingerprint density at radius 2 is 2.18 bits per heavy atom. The Kier molecular flexibility index (Phi) is 5.82. The predicted octanol–water partition coefficient (Wildman–Crippen LogP) is 1.84. The minimum Gasteiger partial charge on any atom is -0.481 e. The van der Waals surface area contributed by atoms with Gasteiger partial charge in [0.15, 0.2) is 0 Å². The van der Waals surface area contributed by atoms with Gasteiger partial charge in [-0.25, -0.2) is 0 Å². The fourth-order valence-corrected chi connectivity index (χ4v) is 2.97. The molecule has 1 atom stereocenters. The zero-order valence-electron chi connectivity index (χ0n) is 10.5. The van der Waals surface area contributed by atoms with Crippen LogP contribution in [0.15, 0.2) is 0 Å². The summed E-state index contributed by atoms with van der Waals surface area (Å²) in [4.78, 5) is 24.5. The SMILES string of the molecule is CC(C)CCC(=O)N1CCSCC1CC(=O)O. The molecule has 0 aromatic heterocycles. The van der Waals surface area contributed by atoms with E-state index in [0.29, 0.717) is 18.9 Å². The van der Waals surface area contributed by atoms with Crippen molar-refractivity contribution in [1.29, 1.82) is 0 Å². The summed E-state index contributed by atoms with van der Waals surface area (Å²) in [7, 11) is 0. The third kappa shape index (κ3) is 4.98. The summed E-state index contributed by atoms with van der Waals surface area (Å²) in [5.74, 6) is 1.48. The van der Waals surface area contributed by atoms with E-state index < -0.39 is 5.97 Å². The summed E-state index contributed by atoms with van der Waals surface area (Å²) in [6, 6.07) is -0.120. The van der Waals surface area contributed by atoms with Crippen molar-refractivity contribution in [2.75, 3.05) is 18.1 Å². The number of carbonyl (C=O) groups excluding carboxylic acids is 1. The molecular weight excluding hydrogens is 238 g/mol. The van der Waals surface area contributed by atoms with E-state index >= 15 is 0 Å². The Hall–Kier alpha value is -0.710. The first-order valence-electron chi connectivity index (χ1n) is 6.09. The van der Waals surface area contributed by atoms with Crippen LogP contribution < -0.4 is 0 Å². The van der Waals surface area contributed by atoms with Crippen LogP contribution in [-0.4, -0.2) is 46.0 Å². The first kappa shape index (κ1) is 14.4. The normalized spacial score (nSPS) is 20.6. The largest absolute Gasteiger partial charge is 0.481 e. The van der Waals surface area contributed by atoms with Gasteiger partial charge in [-0.1, -0.05) is 13.8 Å². The highest BCUT2D eigenvalue weighted by molar-refractivity contribution is 7.99. The maximum absolute atomic E-state index is 12.0. The van der Waals surface area contributed by atoms with Crippen molar-refractivity contribution in [1.82, 2.24) is 4.90 Å². The van der Waals surface area contributed by atoms with Crippen molar-refractivity contribution in [2.24, 2.45) is 5.92 Å². The van der Waals surface area contributed by atoms with E-state index in [1.54, 1.807) is 16.7 Å². The van der Waals surface area contributed by atoms with Crippen LogP contribution in [0.4, 0.5) is 0 Å². The highest BCUT2D eigenvalue weighted by Gasteiger charge is 2.28. The van der Waals surface area contributed by atoms with Gasteiger partial charge < -0.3 is 10.0 Å². The number of rotatable bonds is 5. The van der Waals surface area contributed by atoms with Crippen LogP contribution in [0, 0.1) is 5.92 Å². The summed E-state index contributed by atoms with van der Waals surface area (Å²) < 4.78 is 0. The Balaban J connectivity index is 2.51. The third-order valence-electron chi connectivity index (χ3n) is 2.89. The lowest BCUT2D eigenvalue weighted by Crippen LogP contribution is -2.47. The molecule has 0 radical (unpaired) electrons. The van der Waals surface area contributed by atoms with Gasteiger partial charge in [-0.2, -0.15) is 11.8 Å². The van der Waals surface area contributed by atoms with Gasteiger partial charge in [0.05, 0.1) is 12.5 Å². The molecule has 1 N–H and O–H groups in total. The number of carbonyl (C=O) groups is 2. The number of carboxylic acids is 1. The average molecular weight is 259 g/mol. The summed E-state index contributed by atoms with van der Waals surface area (Å²) in [6.07, 6.45) is 1.49. The fourth-order valence-electron chi connectivity index (χ4n) is 1.91. The minimum absolute atomic E-state index is 0.0699. The third-order valence-corrected chi connectivity index (χ3v) is 3.99. The monoisotopic (exact) mass is 259 g/mol. The number of hydrogen-bond donors (Lipinski definition) is 1. The van der Waals surface area contributed by atoms with E-state index in [4.69, 9.17) is 5.11 Å². The van der Waals surface area contributed by atoms with Crippen molar-refractivity contribution < 1.29 is 14.7 Å². The van der Waals surface area contributed by atoms with Gasteiger partial charge in [0.2, 0.25) is 5.91 Å². The molecule has 1 aliphatic heterocycles. The maximum atomic E-state index is 12.0. The summed E-state index contributed by atoms with van der Waals surface area (Å²) in [5, 5.41) is 8.84. The molecule has 98 valence electrons. The highest BCUT2D eigenvalue weighted by atomic mass is 32.2. The van der Waals surface area contributed by atoms with E-state index in [1.807, 2.05) is 0 Å². The molecule has 17 heavy (non-hydrogen) atoms. The van der Waals surface area contributed by atoms with Crippen molar-refractivity contribution in [3.63, 3.8) is 0 Å². The highest BCUT2D eigenvalue weighted by Crippen LogP contribution is 2.20. The van der Waals surface area contributed by atoms with Crippen molar-refractivity contribution in [3.05, 3.63) is 0 Å². The van der Waals surface area contributed by atoms with Gasteiger partial charge in [-0.15, -0.1) is 0 Å². The van der Waals surface area contributed by atoms with Crippen molar-refractivity contribution in [3.8, 4) is 0 Å². The molecule has 1 saturated heterocycles. The van der Waals surface area contributed by atoms with Crippen LogP contribution in [0.3, 0.4) is 0 Å². The lowest BCUT2D eigenvalue weighted by atomic mass is 10.1. The van der Waals surface area contributed by atoms with E-state index in [1.165, 1.54) is 0 Å². The van der Waals surface area contributed by atoms with Crippen LogP contribution in [0.25, 0.3) is 0 Å². The zero-order chi connectivity index (χ0) is 12.8. The molecule has 0 aromatic rings. The van der Waals surface area contributed by atoms with E-state index in [0.717, 1.165) is 17.9 Å². The van der Waals surface area contributed by atoms with Gasteiger partial charge in [0.1, 0.15) is 0 Å². The van der Waals surface area contributed by atoms with Gasteiger partial charge >= 0.3 is 5.97 Å². The smallest absolute Gasteiger partial charge is 0.305 e. The second-order valence-corrected chi connectivity index (χ2v) is 6.00. The Labute approximate surface area is 107 Å². The fraction of sp³-hybridized carbons (Fsp3) is 0.833. The molecule has 1 aliphatic rings. The lowest BCUT2D eigenvalue weighted by molar-refractivity contribution is -0.140. The molecule has 1 amide bonds. The molecule has 1 fully saturated rings. The molecule has 0 bridgehead atoms. The van der Waals surface area contributed by atoms with Gasteiger partial charge in [-0.05, 0) is 12.3 Å². The van der Waals surface area contributed by atoms with Crippen LogP contribution in [0.1, 0.15) is 33.1 Å². The standard InChI is InChI=1S/C12H21NO3S/c1-9(2)3-4-11(14)13-5-6-17-8-10(13)7-12(15)16/h9-10H,3-8H2,1-2H3,(H,15,16). The van der Waals surface area contributed by atoms with E-state index in [-0.39, 0.29) is 18.4 Å². The lowest BCUT2D eigenvalue weighted by Gasteiger charge is -2.34. The van der Waals surface area contributed by atoms with Crippen LogP contribution >= 0.6 is 11.8 Å². The van der Waals surface area contributed by atoms with Crippen LogP contribution in [0.2, 0.25) is 0 Å². The van der Waals surface area contributed by atoms with E-state index in [9.17, 15) is 9.59 Å². The molecule has 1 heterocycles. The summed E-state index contributed by atoms with van der Waals surface area (Å²) in [6.45, 7) is 4.88. The number of carboxylic acid groups (broad SMARTS) is 1. The number of amides is 1. The first-order chi connectivity index (χ1) is 8.00. The molecule has 5 heteroatoms. The first-order valence-corrected chi connectivity index (χ1v) is 7.25. The second-order valence-electron chi connectivity index (χ2n) is 4.85. The topological polar surface area (TPSA) is 57.6 Å². The molecular formula is C12H21NO3S. The van der Waals surface area contributed by atoms with Crippen molar-refractivity contribution >= 4 is 23.6 Å². The molecule has 0 spiro atoms. The molecule has 0 aromatic carbocycles. The number of hydrogen-bond acceptors (Lipinski definition) is 3. The van der Waals surface area contributed by atoms with Crippen molar-refractivity contribution in [2.45, 2.75) is 39.2 Å². The Morgan fingerprint density at radius 3 is 2.76 bits per heavy atom. The quantitative estimate of drug-likeness (QED) is 0.818. The summed E-state index contributed by atoms with van der Waals surface area (Å²) >= 11 is 1.73. The minimum atomic E-state index is -0.820. The zero-order valence-corrected chi connectivity index (χ0v) is 11.3. The molecule has 0 aliphatic carbocycles. The van der Waals surface area contributed by atoms with Gasteiger partial charge in [-0.3, -0.25) is 9.59 Å². The van der Waals surface area contributed by atoms with Gasteiger partial charge in [0.25, 0.3) is 0 Å². The number of thioether (sulfide) groups is 1. The predicted molar refractivity (Wildman–Crippen MR) is 69.2 cm³/mol. The Morgan fingerprint density at radius 1 is 1.47 bits per heavy atom. The number of nitrogens with zero attached hydrogens (tertiary/aromatic N) is 1. The van der Waals surface area contributed by atoms with Crippen LogP contribution in [0.5, 0.6) is 0 Å². The molecule has 0 saturated carbocycles. The summed E-state index contributed by atoms with van der Waals surface area (Å²) in [5.41, 5.74) is 0. The molecule has 4 nitrogen and oxygen atoms in total. The average Bonchev–Trinajstić information content (AvgIpc) is 2.25. The molecule has 1 rings (SSSR count). The Bertz CT molecular complexity index is 281.